The summed E-state index contributed by atoms with van der Waals surface area (Å²) in [6.45, 7) is 0. The molecule has 0 fully saturated rings. The van der Waals surface area contributed by atoms with Crippen LogP contribution in [0.4, 0.5) is 0 Å². The molecule has 6 nitrogen and oxygen atoms in total. The fraction of sp³-hybridized carbons (Fsp3) is 0.118. The Morgan fingerprint density at radius 3 is 2.54 bits per heavy atom. The molecule has 0 saturated heterocycles. The number of ether oxygens (including phenoxy) is 2. The summed E-state index contributed by atoms with van der Waals surface area (Å²) in [5, 5.41) is 9.53. The van der Waals surface area contributed by atoms with Crippen LogP contribution in [0.15, 0.2) is 47.2 Å². The predicted molar refractivity (Wildman–Crippen MR) is 94.5 cm³/mol. The van der Waals surface area contributed by atoms with E-state index in [1.807, 2.05) is 40.8 Å². The summed E-state index contributed by atoms with van der Waals surface area (Å²) in [7, 11) is 3.21. The molecule has 0 aliphatic heterocycles. The molecule has 7 heteroatoms. The minimum absolute atomic E-state index is 0.631. The van der Waals surface area contributed by atoms with Crippen molar-refractivity contribution in [1.82, 2.24) is 19.6 Å². The lowest BCUT2D eigenvalue weighted by Crippen LogP contribution is -1.95. The zero-order chi connectivity index (χ0) is 16.7. The lowest BCUT2D eigenvalue weighted by atomic mass is 10.2. The highest BCUT2D eigenvalue weighted by Gasteiger charge is 2.14. The number of hydrogen-bond donors (Lipinski definition) is 0. The number of fused-ring (bicyclic) bond motifs is 3. The van der Waals surface area contributed by atoms with E-state index >= 15 is 0 Å². The van der Waals surface area contributed by atoms with Gasteiger partial charge in [-0.25, -0.2) is 4.98 Å². The fourth-order valence-electron chi connectivity index (χ4n) is 2.68. The zero-order valence-electron chi connectivity index (χ0n) is 13.0. The number of rotatable bonds is 3. The van der Waals surface area contributed by atoms with Gasteiger partial charge in [0.1, 0.15) is 6.33 Å². The highest BCUT2D eigenvalue weighted by molar-refractivity contribution is 9.10. The van der Waals surface area contributed by atoms with Crippen LogP contribution in [0.5, 0.6) is 11.5 Å². The van der Waals surface area contributed by atoms with E-state index in [4.69, 9.17) is 9.47 Å². The third-order valence-electron chi connectivity index (χ3n) is 3.83. The summed E-state index contributed by atoms with van der Waals surface area (Å²) in [6.07, 6.45) is 1.72. The van der Waals surface area contributed by atoms with Gasteiger partial charge in [-0.2, -0.15) is 0 Å². The standard InChI is InChI=1S/C17H13BrN4O2/c1-23-14-7-12-13(8-15(14)24-2)19-9-22-16(20-21-17(12)22)10-4-3-5-11(18)6-10/h3-9H,1-2H3. The molecule has 0 N–H and O–H groups in total. The molecule has 0 unspecified atom stereocenters. The second-order valence-electron chi connectivity index (χ2n) is 5.20. The first kappa shape index (κ1) is 14.9. The monoisotopic (exact) mass is 384 g/mol. The summed E-state index contributed by atoms with van der Waals surface area (Å²) in [5.41, 5.74) is 2.45. The lowest BCUT2D eigenvalue weighted by molar-refractivity contribution is 0.356. The Labute approximate surface area is 146 Å². The molecule has 0 aliphatic carbocycles. The van der Waals surface area contributed by atoms with E-state index in [1.54, 1.807) is 20.5 Å². The predicted octanol–water partition coefficient (Wildman–Crippen LogP) is 3.72. The van der Waals surface area contributed by atoms with Crippen LogP contribution >= 0.6 is 15.9 Å². The normalized spacial score (nSPS) is 11.1. The zero-order valence-corrected chi connectivity index (χ0v) is 14.6. The summed E-state index contributed by atoms with van der Waals surface area (Å²) in [6, 6.07) is 11.6. The van der Waals surface area contributed by atoms with Crippen molar-refractivity contribution >= 4 is 32.5 Å². The van der Waals surface area contributed by atoms with Crippen LogP contribution in [0.25, 0.3) is 27.9 Å². The van der Waals surface area contributed by atoms with Crippen molar-refractivity contribution in [3.05, 3.63) is 47.2 Å². The van der Waals surface area contributed by atoms with Gasteiger partial charge in [-0.3, -0.25) is 4.40 Å². The molecule has 2 aromatic heterocycles. The highest BCUT2D eigenvalue weighted by Crippen LogP contribution is 2.33. The van der Waals surface area contributed by atoms with Crippen LogP contribution in [0.1, 0.15) is 0 Å². The number of aromatic nitrogens is 4. The first-order valence-electron chi connectivity index (χ1n) is 7.22. The van der Waals surface area contributed by atoms with Crippen molar-refractivity contribution in [3.8, 4) is 22.9 Å². The van der Waals surface area contributed by atoms with E-state index in [0.29, 0.717) is 11.5 Å². The summed E-state index contributed by atoms with van der Waals surface area (Å²) < 4.78 is 13.6. The van der Waals surface area contributed by atoms with Gasteiger partial charge in [-0.15, -0.1) is 10.2 Å². The quantitative estimate of drug-likeness (QED) is 0.538. The van der Waals surface area contributed by atoms with Crippen LogP contribution in [0, 0.1) is 0 Å². The number of benzene rings is 2. The van der Waals surface area contributed by atoms with Gasteiger partial charge >= 0.3 is 0 Å². The first-order chi connectivity index (χ1) is 11.7. The van der Waals surface area contributed by atoms with E-state index in [2.05, 4.69) is 31.1 Å². The lowest BCUT2D eigenvalue weighted by Gasteiger charge is -2.09. The molecule has 24 heavy (non-hydrogen) atoms. The number of methoxy groups -OCH3 is 2. The third kappa shape index (κ3) is 2.28. The summed E-state index contributed by atoms with van der Waals surface area (Å²) in [5.74, 6) is 2.00. The van der Waals surface area contributed by atoms with Gasteiger partial charge in [-0.1, -0.05) is 28.1 Å². The Morgan fingerprint density at radius 2 is 1.79 bits per heavy atom. The van der Waals surface area contributed by atoms with Gasteiger partial charge in [0.15, 0.2) is 23.0 Å². The van der Waals surface area contributed by atoms with Crippen LogP contribution in [-0.2, 0) is 0 Å². The molecular formula is C17H13BrN4O2. The van der Waals surface area contributed by atoms with Gasteiger partial charge in [0.05, 0.1) is 19.7 Å². The van der Waals surface area contributed by atoms with Crippen molar-refractivity contribution in [3.63, 3.8) is 0 Å². The number of hydrogen-bond acceptors (Lipinski definition) is 5. The maximum absolute atomic E-state index is 5.38. The van der Waals surface area contributed by atoms with Crippen LogP contribution in [-0.4, -0.2) is 33.8 Å². The average molecular weight is 385 g/mol. The molecule has 2 aromatic carbocycles. The van der Waals surface area contributed by atoms with Crippen LogP contribution in [0.2, 0.25) is 0 Å². The number of halogens is 1. The van der Waals surface area contributed by atoms with E-state index in [9.17, 15) is 0 Å². The first-order valence-corrected chi connectivity index (χ1v) is 8.02. The Balaban J connectivity index is 2.00. The fourth-order valence-corrected chi connectivity index (χ4v) is 3.08. The van der Waals surface area contributed by atoms with Gasteiger partial charge in [-0.05, 0) is 18.2 Å². The van der Waals surface area contributed by atoms with E-state index in [1.165, 1.54) is 0 Å². The van der Waals surface area contributed by atoms with Gasteiger partial charge < -0.3 is 9.47 Å². The Morgan fingerprint density at radius 1 is 1.00 bits per heavy atom. The Hall–Kier alpha value is -2.67. The second-order valence-corrected chi connectivity index (χ2v) is 6.11. The smallest absolute Gasteiger partial charge is 0.171 e. The topological polar surface area (TPSA) is 61.5 Å². The molecule has 0 spiro atoms. The summed E-state index contributed by atoms with van der Waals surface area (Å²) >= 11 is 3.48. The minimum atomic E-state index is 0.631. The van der Waals surface area contributed by atoms with E-state index < -0.39 is 0 Å². The van der Waals surface area contributed by atoms with Gasteiger partial charge in [0.2, 0.25) is 0 Å². The minimum Gasteiger partial charge on any atom is -0.493 e. The molecule has 0 saturated carbocycles. The van der Waals surface area contributed by atoms with Crippen molar-refractivity contribution in [1.29, 1.82) is 0 Å². The third-order valence-corrected chi connectivity index (χ3v) is 4.33. The Kier molecular flexibility index (Phi) is 3.57. The molecule has 0 amide bonds. The number of nitrogens with zero attached hydrogens (tertiary/aromatic N) is 4. The van der Waals surface area contributed by atoms with Crippen molar-refractivity contribution in [2.75, 3.05) is 14.2 Å². The Bertz CT molecular complexity index is 1060. The van der Waals surface area contributed by atoms with Gasteiger partial charge in [0.25, 0.3) is 0 Å². The second kappa shape index (κ2) is 5.76. The molecule has 0 radical (unpaired) electrons. The SMILES string of the molecule is COc1cc2ncn3c(-c4cccc(Br)c4)nnc3c2cc1OC. The van der Waals surface area contributed by atoms with Crippen LogP contribution < -0.4 is 9.47 Å². The van der Waals surface area contributed by atoms with Gasteiger partial charge in [0, 0.05) is 21.5 Å². The molecule has 2 heterocycles. The highest BCUT2D eigenvalue weighted by atomic mass is 79.9. The molecular weight excluding hydrogens is 372 g/mol. The van der Waals surface area contributed by atoms with E-state index in [-0.39, 0.29) is 0 Å². The summed E-state index contributed by atoms with van der Waals surface area (Å²) in [4.78, 5) is 4.51. The molecule has 4 rings (SSSR count). The molecule has 0 aliphatic rings. The molecule has 120 valence electrons. The molecule has 0 bridgehead atoms. The maximum Gasteiger partial charge on any atom is 0.171 e. The van der Waals surface area contributed by atoms with Crippen molar-refractivity contribution < 1.29 is 9.47 Å². The van der Waals surface area contributed by atoms with Crippen molar-refractivity contribution in [2.24, 2.45) is 0 Å². The molecule has 0 atom stereocenters. The van der Waals surface area contributed by atoms with Crippen LogP contribution in [0.3, 0.4) is 0 Å². The maximum atomic E-state index is 5.38. The molecule has 4 aromatic rings. The average Bonchev–Trinajstić information content (AvgIpc) is 3.04. The largest absolute Gasteiger partial charge is 0.493 e. The van der Waals surface area contributed by atoms with Crippen molar-refractivity contribution in [2.45, 2.75) is 0 Å². The van der Waals surface area contributed by atoms with E-state index in [0.717, 1.165) is 32.4 Å².